The Kier molecular flexibility index (Phi) is 8.72. The predicted octanol–water partition coefficient (Wildman–Crippen LogP) is 4.30. The van der Waals surface area contributed by atoms with Crippen molar-refractivity contribution in [1.82, 2.24) is 29.5 Å². The standard InChI is InChI=1S/C30H33ClFN7O3/c1-18-21(7-8-22(27(18)32)24-16-35-39(19(24)2)13-14-42-4)26-17-34-28(37(26)3)29(40)36-20-5-6-23(25(31)15-20)30(41)38-11-9-33-10-12-38/h5-8,15-17,33H,9-14H2,1-4H3,(H,36,40). The molecule has 3 heterocycles. The summed E-state index contributed by atoms with van der Waals surface area (Å²) in [6.07, 6.45) is 3.21. The van der Waals surface area contributed by atoms with E-state index in [1.165, 1.54) is 0 Å². The monoisotopic (exact) mass is 593 g/mol. The molecule has 2 aromatic carbocycles. The summed E-state index contributed by atoms with van der Waals surface area (Å²) in [5.41, 5.74) is 4.46. The predicted molar refractivity (Wildman–Crippen MR) is 159 cm³/mol. The van der Waals surface area contributed by atoms with E-state index in [-0.39, 0.29) is 22.6 Å². The summed E-state index contributed by atoms with van der Waals surface area (Å²) in [7, 11) is 3.33. The third-order valence-electron chi connectivity index (χ3n) is 7.62. The topological polar surface area (TPSA) is 106 Å². The SMILES string of the molecule is COCCn1ncc(-c2ccc(-c3cnc(C(=O)Nc4ccc(C(=O)N5CCNCC5)c(Cl)c4)n3C)c(C)c2F)c1C. The van der Waals surface area contributed by atoms with Gasteiger partial charge in [-0.1, -0.05) is 23.7 Å². The second-order valence-electron chi connectivity index (χ2n) is 10.2. The molecule has 0 spiro atoms. The number of aromatic nitrogens is 4. The fraction of sp³-hybridized carbons (Fsp3) is 0.333. The maximum atomic E-state index is 15.7. The van der Waals surface area contributed by atoms with Crippen molar-refractivity contribution in [3.8, 4) is 22.4 Å². The van der Waals surface area contributed by atoms with E-state index in [0.29, 0.717) is 65.4 Å². The van der Waals surface area contributed by atoms with Crippen LogP contribution in [0.1, 0.15) is 32.2 Å². The number of benzene rings is 2. The van der Waals surface area contributed by atoms with E-state index in [1.54, 1.807) is 71.9 Å². The number of carbonyl (C=O) groups is 2. The largest absolute Gasteiger partial charge is 0.383 e. The van der Waals surface area contributed by atoms with Crippen molar-refractivity contribution in [2.24, 2.45) is 7.05 Å². The zero-order valence-corrected chi connectivity index (χ0v) is 24.8. The highest BCUT2D eigenvalue weighted by atomic mass is 35.5. The number of methoxy groups -OCH3 is 1. The molecule has 0 bridgehead atoms. The fourth-order valence-electron chi connectivity index (χ4n) is 5.15. The highest BCUT2D eigenvalue weighted by Crippen LogP contribution is 2.33. The molecule has 12 heteroatoms. The third-order valence-corrected chi connectivity index (χ3v) is 7.93. The summed E-state index contributed by atoms with van der Waals surface area (Å²) in [5, 5.41) is 10.6. The van der Waals surface area contributed by atoms with Crippen molar-refractivity contribution in [3.05, 3.63) is 76.2 Å². The maximum absolute atomic E-state index is 15.7. The Hall–Kier alpha value is -4.06. The third kappa shape index (κ3) is 5.67. The number of anilines is 1. The Bertz CT molecular complexity index is 1640. The zero-order valence-electron chi connectivity index (χ0n) is 24.0. The molecule has 10 nitrogen and oxygen atoms in total. The number of carbonyl (C=O) groups excluding carboxylic acids is 2. The van der Waals surface area contributed by atoms with Gasteiger partial charge in [0.05, 0.1) is 41.8 Å². The molecule has 0 atom stereocenters. The summed E-state index contributed by atoms with van der Waals surface area (Å²) >= 11 is 6.43. The van der Waals surface area contributed by atoms with Gasteiger partial charge < -0.3 is 24.8 Å². The Morgan fingerprint density at radius 3 is 2.55 bits per heavy atom. The van der Waals surface area contributed by atoms with Gasteiger partial charge in [-0.25, -0.2) is 9.37 Å². The second kappa shape index (κ2) is 12.4. The molecule has 2 aromatic heterocycles. The highest BCUT2D eigenvalue weighted by molar-refractivity contribution is 6.34. The van der Waals surface area contributed by atoms with Crippen LogP contribution in [-0.4, -0.2) is 75.9 Å². The van der Waals surface area contributed by atoms with E-state index in [0.717, 1.165) is 18.8 Å². The molecule has 0 aliphatic carbocycles. The first-order valence-electron chi connectivity index (χ1n) is 13.6. The quantitative estimate of drug-likeness (QED) is 0.315. The van der Waals surface area contributed by atoms with Crippen molar-refractivity contribution in [1.29, 1.82) is 0 Å². The minimum absolute atomic E-state index is 0.140. The van der Waals surface area contributed by atoms with Gasteiger partial charge in [-0.2, -0.15) is 5.10 Å². The molecule has 0 saturated carbocycles. The number of ether oxygens (including phenoxy) is 1. The summed E-state index contributed by atoms with van der Waals surface area (Å²) < 4.78 is 24.2. The van der Waals surface area contributed by atoms with Gasteiger partial charge in [0, 0.05) is 68.4 Å². The van der Waals surface area contributed by atoms with Crippen molar-refractivity contribution >= 4 is 29.1 Å². The number of amides is 2. The van der Waals surface area contributed by atoms with Crippen molar-refractivity contribution in [2.75, 3.05) is 45.2 Å². The first-order chi connectivity index (χ1) is 20.2. The van der Waals surface area contributed by atoms with E-state index in [1.807, 2.05) is 13.0 Å². The molecule has 0 unspecified atom stereocenters. The van der Waals surface area contributed by atoms with Gasteiger partial charge in [0.1, 0.15) is 5.82 Å². The van der Waals surface area contributed by atoms with E-state index < -0.39 is 5.91 Å². The van der Waals surface area contributed by atoms with Crippen LogP contribution in [0.5, 0.6) is 0 Å². The normalized spacial score (nSPS) is 13.4. The van der Waals surface area contributed by atoms with E-state index >= 15 is 4.39 Å². The molecular weight excluding hydrogens is 561 g/mol. The van der Waals surface area contributed by atoms with Crippen LogP contribution >= 0.6 is 11.6 Å². The average Bonchev–Trinajstić information content (AvgIpc) is 3.55. The average molecular weight is 594 g/mol. The van der Waals surface area contributed by atoms with Crippen LogP contribution in [0.25, 0.3) is 22.4 Å². The van der Waals surface area contributed by atoms with Gasteiger partial charge in [-0.05, 0) is 37.6 Å². The molecule has 1 aliphatic rings. The Morgan fingerprint density at radius 2 is 1.83 bits per heavy atom. The molecule has 2 N–H and O–H groups in total. The van der Waals surface area contributed by atoms with Gasteiger partial charge in [-0.15, -0.1) is 0 Å². The summed E-state index contributed by atoms with van der Waals surface area (Å²) in [6.45, 7) is 7.38. The number of nitrogens with one attached hydrogen (secondary N) is 2. The molecule has 1 fully saturated rings. The second-order valence-corrected chi connectivity index (χ2v) is 10.6. The lowest BCUT2D eigenvalue weighted by atomic mass is 9.98. The Morgan fingerprint density at radius 1 is 1.10 bits per heavy atom. The van der Waals surface area contributed by atoms with Gasteiger partial charge in [0.25, 0.3) is 11.8 Å². The maximum Gasteiger partial charge on any atom is 0.291 e. The smallest absolute Gasteiger partial charge is 0.291 e. The summed E-state index contributed by atoms with van der Waals surface area (Å²) in [4.78, 5) is 32.1. The van der Waals surface area contributed by atoms with Gasteiger partial charge >= 0.3 is 0 Å². The van der Waals surface area contributed by atoms with E-state index in [4.69, 9.17) is 16.3 Å². The highest BCUT2D eigenvalue weighted by Gasteiger charge is 2.23. The lowest BCUT2D eigenvalue weighted by Crippen LogP contribution is -2.46. The number of nitrogens with zero attached hydrogens (tertiary/aromatic N) is 5. The minimum Gasteiger partial charge on any atom is -0.383 e. The molecule has 0 radical (unpaired) electrons. The fourth-order valence-corrected chi connectivity index (χ4v) is 5.41. The minimum atomic E-state index is -0.463. The molecule has 4 aromatic rings. The first-order valence-corrected chi connectivity index (χ1v) is 14.0. The van der Waals surface area contributed by atoms with Crippen LogP contribution in [0.4, 0.5) is 10.1 Å². The lowest BCUT2D eigenvalue weighted by molar-refractivity contribution is 0.0736. The summed E-state index contributed by atoms with van der Waals surface area (Å²) in [5.74, 6) is -0.827. The van der Waals surface area contributed by atoms with Crippen LogP contribution in [0.2, 0.25) is 5.02 Å². The summed E-state index contributed by atoms with van der Waals surface area (Å²) in [6, 6.07) is 8.35. The first kappa shape index (κ1) is 29.4. The van der Waals surface area contributed by atoms with Crippen LogP contribution in [0.3, 0.4) is 0 Å². The van der Waals surface area contributed by atoms with Crippen LogP contribution in [0, 0.1) is 19.7 Å². The van der Waals surface area contributed by atoms with Gasteiger partial charge in [0.2, 0.25) is 0 Å². The van der Waals surface area contributed by atoms with Crippen LogP contribution < -0.4 is 10.6 Å². The molecule has 5 rings (SSSR count). The van der Waals surface area contributed by atoms with Gasteiger partial charge in [0.15, 0.2) is 5.82 Å². The van der Waals surface area contributed by atoms with Crippen LogP contribution in [-0.2, 0) is 18.3 Å². The molecule has 2 amide bonds. The van der Waals surface area contributed by atoms with Crippen molar-refractivity contribution in [2.45, 2.75) is 20.4 Å². The molecule has 1 saturated heterocycles. The van der Waals surface area contributed by atoms with Crippen molar-refractivity contribution < 1.29 is 18.7 Å². The van der Waals surface area contributed by atoms with Crippen molar-refractivity contribution in [3.63, 3.8) is 0 Å². The number of imidazole rings is 1. The number of hydrogen-bond donors (Lipinski definition) is 2. The Labute approximate surface area is 248 Å². The Balaban J connectivity index is 1.34. The van der Waals surface area contributed by atoms with Crippen LogP contribution in [0.15, 0.2) is 42.7 Å². The number of rotatable bonds is 8. The number of halogens is 2. The molecule has 220 valence electrons. The van der Waals surface area contributed by atoms with Gasteiger partial charge in [-0.3, -0.25) is 14.3 Å². The molecular formula is C30H33ClFN7O3. The lowest BCUT2D eigenvalue weighted by Gasteiger charge is -2.27. The zero-order chi connectivity index (χ0) is 30.0. The number of piperazine rings is 1. The number of hydrogen-bond acceptors (Lipinski definition) is 6. The van der Waals surface area contributed by atoms with E-state index in [9.17, 15) is 9.59 Å². The molecule has 42 heavy (non-hydrogen) atoms. The molecule has 1 aliphatic heterocycles. The van der Waals surface area contributed by atoms with E-state index in [2.05, 4.69) is 20.7 Å².